The Labute approximate surface area is 119 Å². The van der Waals surface area contributed by atoms with Crippen molar-refractivity contribution in [1.82, 2.24) is 5.32 Å². The first-order chi connectivity index (χ1) is 9.69. The van der Waals surface area contributed by atoms with Crippen LogP contribution in [0.4, 0.5) is 5.69 Å². The van der Waals surface area contributed by atoms with E-state index in [0.717, 1.165) is 25.7 Å². The lowest BCUT2D eigenvalue weighted by atomic mass is 9.93. The molecule has 0 bridgehead atoms. The van der Waals surface area contributed by atoms with Crippen molar-refractivity contribution in [3.05, 3.63) is 24.3 Å². The van der Waals surface area contributed by atoms with Crippen LogP contribution in [0.25, 0.3) is 0 Å². The summed E-state index contributed by atoms with van der Waals surface area (Å²) < 4.78 is 5.11. The number of aliphatic hydroxyl groups is 1. The molecule has 0 aliphatic heterocycles. The summed E-state index contributed by atoms with van der Waals surface area (Å²) >= 11 is 0. The number of carbonyl (C=O) groups is 1. The molecule has 0 aromatic heterocycles. The minimum Gasteiger partial charge on any atom is -0.497 e. The van der Waals surface area contributed by atoms with Gasteiger partial charge in [0.2, 0.25) is 5.91 Å². The summed E-state index contributed by atoms with van der Waals surface area (Å²) in [6.07, 6.45) is 3.57. The SMILES string of the molecule is COc1cccc(NC(=O)CNC2CCCCC2O)c1. The van der Waals surface area contributed by atoms with Crippen LogP contribution in [0.5, 0.6) is 5.75 Å². The third-order valence-electron chi connectivity index (χ3n) is 3.61. The lowest BCUT2D eigenvalue weighted by Crippen LogP contribution is -2.45. The van der Waals surface area contributed by atoms with Crippen LogP contribution in [0, 0.1) is 0 Å². The topological polar surface area (TPSA) is 70.6 Å². The van der Waals surface area contributed by atoms with Gasteiger partial charge >= 0.3 is 0 Å². The van der Waals surface area contributed by atoms with Crippen LogP contribution < -0.4 is 15.4 Å². The normalized spacial score (nSPS) is 22.3. The molecule has 1 aliphatic rings. The summed E-state index contributed by atoms with van der Waals surface area (Å²) in [4.78, 5) is 11.9. The maximum atomic E-state index is 11.9. The number of amides is 1. The molecule has 2 atom stereocenters. The number of anilines is 1. The highest BCUT2D eigenvalue weighted by Crippen LogP contribution is 2.18. The first-order valence-corrected chi connectivity index (χ1v) is 7.04. The number of aliphatic hydroxyl groups excluding tert-OH is 1. The van der Waals surface area contributed by atoms with E-state index < -0.39 is 0 Å². The Hall–Kier alpha value is -1.59. The van der Waals surface area contributed by atoms with Crippen molar-refractivity contribution in [3.63, 3.8) is 0 Å². The first-order valence-electron chi connectivity index (χ1n) is 7.04. The largest absolute Gasteiger partial charge is 0.497 e. The van der Waals surface area contributed by atoms with Gasteiger partial charge in [-0.3, -0.25) is 4.79 Å². The molecule has 1 aromatic carbocycles. The Morgan fingerprint density at radius 2 is 2.20 bits per heavy atom. The second-order valence-electron chi connectivity index (χ2n) is 5.12. The molecular weight excluding hydrogens is 256 g/mol. The molecule has 0 radical (unpaired) electrons. The predicted octanol–water partition coefficient (Wildman–Crippen LogP) is 1.53. The van der Waals surface area contributed by atoms with Gasteiger partial charge in [0.15, 0.2) is 0 Å². The number of carbonyl (C=O) groups excluding carboxylic acids is 1. The fraction of sp³-hybridized carbons (Fsp3) is 0.533. The molecule has 110 valence electrons. The second kappa shape index (κ2) is 7.26. The van der Waals surface area contributed by atoms with Gasteiger partial charge in [0.25, 0.3) is 0 Å². The van der Waals surface area contributed by atoms with E-state index in [1.807, 2.05) is 18.2 Å². The van der Waals surface area contributed by atoms with Gasteiger partial charge in [-0.25, -0.2) is 0 Å². The summed E-state index contributed by atoms with van der Waals surface area (Å²) in [5.41, 5.74) is 0.709. The van der Waals surface area contributed by atoms with Gasteiger partial charge in [-0.05, 0) is 25.0 Å². The second-order valence-corrected chi connectivity index (χ2v) is 5.12. The van der Waals surface area contributed by atoms with E-state index in [-0.39, 0.29) is 24.6 Å². The molecule has 1 fully saturated rings. The molecule has 20 heavy (non-hydrogen) atoms. The van der Waals surface area contributed by atoms with Crippen LogP contribution in [0.3, 0.4) is 0 Å². The lowest BCUT2D eigenvalue weighted by Gasteiger charge is -2.28. The lowest BCUT2D eigenvalue weighted by molar-refractivity contribution is -0.115. The van der Waals surface area contributed by atoms with E-state index in [0.29, 0.717) is 11.4 Å². The van der Waals surface area contributed by atoms with Crippen molar-refractivity contribution in [2.45, 2.75) is 37.8 Å². The van der Waals surface area contributed by atoms with Gasteiger partial charge in [0, 0.05) is 17.8 Å². The summed E-state index contributed by atoms with van der Waals surface area (Å²) in [6, 6.07) is 7.27. The van der Waals surface area contributed by atoms with Crippen LogP contribution in [0.1, 0.15) is 25.7 Å². The van der Waals surface area contributed by atoms with Crippen molar-refractivity contribution in [2.24, 2.45) is 0 Å². The monoisotopic (exact) mass is 278 g/mol. The molecule has 0 saturated heterocycles. The molecule has 1 amide bonds. The maximum absolute atomic E-state index is 11.9. The average Bonchev–Trinajstić information content (AvgIpc) is 2.46. The van der Waals surface area contributed by atoms with E-state index in [9.17, 15) is 9.90 Å². The summed E-state index contributed by atoms with van der Waals surface area (Å²) in [5, 5.41) is 15.8. The van der Waals surface area contributed by atoms with Crippen molar-refractivity contribution >= 4 is 11.6 Å². The van der Waals surface area contributed by atoms with Crippen LogP contribution in [0.2, 0.25) is 0 Å². The Balaban J connectivity index is 1.79. The van der Waals surface area contributed by atoms with Crippen molar-refractivity contribution in [3.8, 4) is 5.75 Å². The van der Waals surface area contributed by atoms with Crippen molar-refractivity contribution in [1.29, 1.82) is 0 Å². The van der Waals surface area contributed by atoms with Crippen LogP contribution in [-0.2, 0) is 4.79 Å². The molecular formula is C15H22N2O3. The molecule has 3 N–H and O–H groups in total. The Kier molecular flexibility index (Phi) is 5.38. The molecule has 1 saturated carbocycles. The predicted molar refractivity (Wildman–Crippen MR) is 77.9 cm³/mol. The number of benzene rings is 1. The highest BCUT2D eigenvalue weighted by Gasteiger charge is 2.22. The van der Waals surface area contributed by atoms with Gasteiger partial charge in [-0.1, -0.05) is 18.9 Å². The molecule has 2 unspecified atom stereocenters. The number of nitrogens with one attached hydrogen (secondary N) is 2. The zero-order valence-corrected chi connectivity index (χ0v) is 11.8. The third kappa shape index (κ3) is 4.21. The molecule has 2 rings (SSSR count). The Morgan fingerprint density at radius 3 is 2.95 bits per heavy atom. The standard InChI is InChI=1S/C15H22N2O3/c1-20-12-6-4-5-11(9-12)17-15(19)10-16-13-7-2-3-8-14(13)18/h4-6,9,13-14,16,18H,2-3,7-8,10H2,1H3,(H,17,19). The van der Waals surface area contributed by atoms with Gasteiger partial charge < -0.3 is 20.5 Å². The Bertz CT molecular complexity index is 450. The highest BCUT2D eigenvalue weighted by molar-refractivity contribution is 5.92. The summed E-state index contributed by atoms with van der Waals surface area (Å²) in [7, 11) is 1.59. The summed E-state index contributed by atoms with van der Waals surface area (Å²) in [5.74, 6) is 0.592. The average molecular weight is 278 g/mol. The van der Waals surface area contributed by atoms with Gasteiger partial charge in [-0.2, -0.15) is 0 Å². The van der Waals surface area contributed by atoms with E-state index >= 15 is 0 Å². The number of hydrogen-bond acceptors (Lipinski definition) is 4. The van der Waals surface area contributed by atoms with E-state index in [4.69, 9.17) is 4.74 Å². The van der Waals surface area contributed by atoms with E-state index in [1.165, 1.54) is 0 Å². The fourth-order valence-electron chi connectivity index (χ4n) is 2.48. The molecule has 0 heterocycles. The fourth-order valence-corrected chi connectivity index (χ4v) is 2.48. The van der Waals surface area contributed by atoms with E-state index in [1.54, 1.807) is 13.2 Å². The first kappa shape index (κ1) is 14.8. The van der Waals surface area contributed by atoms with Crippen molar-refractivity contribution in [2.75, 3.05) is 19.0 Å². The number of methoxy groups -OCH3 is 1. The number of hydrogen-bond donors (Lipinski definition) is 3. The minimum absolute atomic E-state index is 0.0276. The molecule has 5 heteroatoms. The smallest absolute Gasteiger partial charge is 0.238 e. The summed E-state index contributed by atoms with van der Waals surface area (Å²) in [6.45, 7) is 0.207. The van der Waals surface area contributed by atoms with Gasteiger partial charge in [0.05, 0.1) is 19.8 Å². The molecule has 0 spiro atoms. The van der Waals surface area contributed by atoms with Crippen LogP contribution in [-0.4, -0.2) is 36.8 Å². The van der Waals surface area contributed by atoms with Crippen LogP contribution in [0.15, 0.2) is 24.3 Å². The number of rotatable bonds is 5. The third-order valence-corrected chi connectivity index (χ3v) is 3.61. The van der Waals surface area contributed by atoms with Gasteiger partial charge in [-0.15, -0.1) is 0 Å². The maximum Gasteiger partial charge on any atom is 0.238 e. The molecule has 1 aromatic rings. The van der Waals surface area contributed by atoms with Crippen molar-refractivity contribution < 1.29 is 14.6 Å². The minimum atomic E-state index is -0.339. The van der Waals surface area contributed by atoms with Gasteiger partial charge in [0.1, 0.15) is 5.75 Å². The van der Waals surface area contributed by atoms with Crippen LogP contribution >= 0.6 is 0 Å². The molecule has 1 aliphatic carbocycles. The Morgan fingerprint density at radius 1 is 1.40 bits per heavy atom. The van der Waals surface area contributed by atoms with E-state index in [2.05, 4.69) is 10.6 Å². The zero-order chi connectivity index (χ0) is 14.4. The zero-order valence-electron chi connectivity index (χ0n) is 11.8. The molecule has 5 nitrogen and oxygen atoms in total. The number of ether oxygens (including phenoxy) is 1. The highest BCUT2D eigenvalue weighted by atomic mass is 16.5. The quantitative estimate of drug-likeness (QED) is 0.764.